The van der Waals surface area contributed by atoms with Gasteiger partial charge in [-0.25, -0.2) is 0 Å². The molecule has 1 fully saturated rings. The minimum atomic E-state index is 0.561. The molecule has 16 heavy (non-hydrogen) atoms. The third-order valence-corrected chi connectivity index (χ3v) is 4.26. The van der Waals surface area contributed by atoms with Gasteiger partial charge in [-0.05, 0) is 45.7 Å². The van der Waals surface area contributed by atoms with Crippen molar-refractivity contribution in [3.63, 3.8) is 0 Å². The molecular weight excluding hydrogens is 196 g/mol. The van der Waals surface area contributed by atoms with Crippen LogP contribution in [-0.4, -0.2) is 38.1 Å². The van der Waals surface area contributed by atoms with Crippen LogP contribution in [0.25, 0.3) is 0 Å². The van der Waals surface area contributed by atoms with Crippen molar-refractivity contribution in [1.29, 1.82) is 0 Å². The van der Waals surface area contributed by atoms with Crippen LogP contribution >= 0.6 is 0 Å². The van der Waals surface area contributed by atoms with Gasteiger partial charge >= 0.3 is 0 Å². The Kier molecular flexibility index (Phi) is 5.77. The van der Waals surface area contributed by atoms with Crippen molar-refractivity contribution in [1.82, 2.24) is 10.2 Å². The van der Waals surface area contributed by atoms with Crippen molar-refractivity contribution < 1.29 is 0 Å². The van der Waals surface area contributed by atoms with Crippen molar-refractivity contribution in [2.24, 2.45) is 5.41 Å². The van der Waals surface area contributed by atoms with Crippen molar-refractivity contribution in [2.45, 2.75) is 58.4 Å². The minimum absolute atomic E-state index is 0.561. The standard InChI is InChI=1S/C14H30N2/c1-5-8-13(2)16(4)12-14(11-15-3)9-6-7-10-14/h13,15H,5-12H2,1-4H3. The summed E-state index contributed by atoms with van der Waals surface area (Å²) < 4.78 is 0. The minimum Gasteiger partial charge on any atom is -0.319 e. The monoisotopic (exact) mass is 226 g/mol. The van der Waals surface area contributed by atoms with Gasteiger partial charge in [0.05, 0.1) is 0 Å². The van der Waals surface area contributed by atoms with Gasteiger partial charge in [0.1, 0.15) is 0 Å². The Morgan fingerprint density at radius 2 is 1.94 bits per heavy atom. The van der Waals surface area contributed by atoms with Crippen LogP contribution in [0.3, 0.4) is 0 Å². The van der Waals surface area contributed by atoms with Gasteiger partial charge in [-0.1, -0.05) is 26.2 Å². The highest BCUT2D eigenvalue weighted by molar-refractivity contribution is 4.89. The van der Waals surface area contributed by atoms with Crippen molar-refractivity contribution in [2.75, 3.05) is 27.2 Å². The van der Waals surface area contributed by atoms with E-state index in [2.05, 4.69) is 38.2 Å². The van der Waals surface area contributed by atoms with E-state index < -0.39 is 0 Å². The predicted octanol–water partition coefficient (Wildman–Crippen LogP) is 2.89. The molecule has 0 aliphatic heterocycles. The fraction of sp³-hybridized carbons (Fsp3) is 1.00. The second kappa shape index (κ2) is 6.61. The summed E-state index contributed by atoms with van der Waals surface area (Å²) in [6, 6.07) is 0.735. The second-order valence-electron chi connectivity index (χ2n) is 5.79. The van der Waals surface area contributed by atoms with Crippen LogP contribution < -0.4 is 5.32 Å². The third-order valence-electron chi connectivity index (χ3n) is 4.26. The number of nitrogens with zero attached hydrogens (tertiary/aromatic N) is 1. The van der Waals surface area contributed by atoms with Gasteiger partial charge in [0, 0.05) is 19.1 Å². The molecule has 0 bridgehead atoms. The third kappa shape index (κ3) is 3.74. The molecule has 0 aromatic carbocycles. The van der Waals surface area contributed by atoms with E-state index in [-0.39, 0.29) is 0 Å². The molecule has 0 spiro atoms. The lowest BCUT2D eigenvalue weighted by molar-refractivity contribution is 0.138. The summed E-state index contributed by atoms with van der Waals surface area (Å²) in [5, 5.41) is 3.40. The molecule has 0 saturated heterocycles. The first-order valence-electron chi connectivity index (χ1n) is 6.98. The Morgan fingerprint density at radius 1 is 1.31 bits per heavy atom. The number of rotatable bonds is 7. The molecule has 1 aliphatic carbocycles. The molecule has 96 valence electrons. The summed E-state index contributed by atoms with van der Waals surface area (Å²) in [4.78, 5) is 2.58. The first kappa shape index (κ1) is 14.0. The van der Waals surface area contributed by atoms with Crippen LogP contribution in [0.2, 0.25) is 0 Å². The molecule has 2 heteroatoms. The molecule has 0 heterocycles. The largest absolute Gasteiger partial charge is 0.319 e. The fourth-order valence-corrected chi connectivity index (χ4v) is 3.21. The number of hydrogen-bond donors (Lipinski definition) is 1. The lowest BCUT2D eigenvalue weighted by atomic mass is 9.85. The van der Waals surface area contributed by atoms with Crippen LogP contribution in [-0.2, 0) is 0 Å². The average Bonchev–Trinajstić information content (AvgIpc) is 2.67. The molecule has 1 unspecified atom stereocenters. The maximum absolute atomic E-state index is 3.40. The molecule has 1 atom stereocenters. The predicted molar refractivity (Wildman–Crippen MR) is 71.8 cm³/mol. The summed E-state index contributed by atoms with van der Waals surface area (Å²) in [7, 11) is 4.39. The van der Waals surface area contributed by atoms with E-state index in [1.165, 1.54) is 51.6 Å². The molecular formula is C14H30N2. The Hall–Kier alpha value is -0.0800. The number of hydrogen-bond acceptors (Lipinski definition) is 2. The smallest absolute Gasteiger partial charge is 0.00640 e. The van der Waals surface area contributed by atoms with Gasteiger partial charge in [0.15, 0.2) is 0 Å². The Bertz CT molecular complexity index is 185. The first-order valence-corrected chi connectivity index (χ1v) is 6.98. The van der Waals surface area contributed by atoms with E-state index in [0.29, 0.717) is 5.41 Å². The van der Waals surface area contributed by atoms with E-state index in [0.717, 1.165) is 6.04 Å². The molecule has 0 radical (unpaired) electrons. The van der Waals surface area contributed by atoms with Gasteiger partial charge in [-0.15, -0.1) is 0 Å². The summed E-state index contributed by atoms with van der Waals surface area (Å²) >= 11 is 0. The van der Waals surface area contributed by atoms with Gasteiger partial charge in [-0.3, -0.25) is 0 Å². The van der Waals surface area contributed by atoms with Gasteiger partial charge in [-0.2, -0.15) is 0 Å². The number of nitrogens with one attached hydrogen (secondary N) is 1. The Balaban J connectivity index is 2.47. The van der Waals surface area contributed by atoms with E-state index >= 15 is 0 Å². The van der Waals surface area contributed by atoms with Crippen molar-refractivity contribution >= 4 is 0 Å². The SMILES string of the molecule is CCCC(C)N(C)CC1(CNC)CCCC1. The average molecular weight is 226 g/mol. The zero-order valence-electron chi connectivity index (χ0n) is 11.7. The lowest BCUT2D eigenvalue weighted by Gasteiger charge is -2.36. The maximum Gasteiger partial charge on any atom is 0.00640 e. The van der Waals surface area contributed by atoms with Gasteiger partial charge in [0.2, 0.25) is 0 Å². The zero-order chi connectivity index (χ0) is 12.0. The summed E-state index contributed by atoms with van der Waals surface area (Å²) in [6.45, 7) is 7.11. The molecule has 1 aliphatic rings. The van der Waals surface area contributed by atoms with E-state index in [4.69, 9.17) is 0 Å². The molecule has 1 saturated carbocycles. The highest BCUT2D eigenvalue weighted by Gasteiger charge is 2.34. The Labute approximate surface area is 102 Å². The topological polar surface area (TPSA) is 15.3 Å². The van der Waals surface area contributed by atoms with Gasteiger partial charge < -0.3 is 10.2 Å². The summed E-state index contributed by atoms with van der Waals surface area (Å²) in [5.74, 6) is 0. The van der Waals surface area contributed by atoms with E-state index in [1.54, 1.807) is 0 Å². The van der Waals surface area contributed by atoms with Crippen LogP contribution in [0.1, 0.15) is 52.4 Å². The second-order valence-corrected chi connectivity index (χ2v) is 5.79. The van der Waals surface area contributed by atoms with Crippen molar-refractivity contribution in [3.8, 4) is 0 Å². The zero-order valence-corrected chi connectivity index (χ0v) is 11.7. The molecule has 2 nitrogen and oxygen atoms in total. The fourth-order valence-electron chi connectivity index (χ4n) is 3.21. The summed E-state index contributed by atoms with van der Waals surface area (Å²) in [6.07, 6.45) is 8.31. The highest BCUT2D eigenvalue weighted by Crippen LogP contribution is 2.38. The quantitative estimate of drug-likeness (QED) is 0.718. The van der Waals surface area contributed by atoms with Crippen LogP contribution in [0.15, 0.2) is 0 Å². The molecule has 1 N–H and O–H groups in total. The van der Waals surface area contributed by atoms with E-state index in [9.17, 15) is 0 Å². The molecule has 0 aromatic rings. The summed E-state index contributed by atoms with van der Waals surface area (Å²) in [5.41, 5.74) is 0.561. The molecule has 0 amide bonds. The molecule has 1 rings (SSSR count). The first-order chi connectivity index (χ1) is 7.63. The van der Waals surface area contributed by atoms with Crippen molar-refractivity contribution in [3.05, 3.63) is 0 Å². The maximum atomic E-state index is 3.40. The lowest BCUT2D eigenvalue weighted by Crippen LogP contribution is -2.43. The van der Waals surface area contributed by atoms with Crippen LogP contribution in [0.4, 0.5) is 0 Å². The molecule has 0 aromatic heterocycles. The Morgan fingerprint density at radius 3 is 2.44 bits per heavy atom. The normalized spacial score (nSPS) is 21.6. The van der Waals surface area contributed by atoms with Crippen LogP contribution in [0.5, 0.6) is 0 Å². The van der Waals surface area contributed by atoms with Crippen LogP contribution in [0, 0.1) is 5.41 Å². The van der Waals surface area contributed by atoms with E-state index in [1.807, 2.05) is 0 Å². The highest BCUT2D eigenvalue weighted by atomic mass is 15.1. The van der Waals surface area contributed by atoms with Gasteiger partial charge in [0.25, 0.3) is 0 Å².